The van der Waals surface area contributed by atoms with E-state index in [-0.39, 0.29) is 0 Å². The summed E-state index contributed by atoms with van der Waals surface area (Å²) in [5.74, 6) is 2.48. The van der Waals surface area contributed by atoms with E-state index in [1.807, 2.05) is 30.3 Å². The highest BCUT2D eigenvalue weighted by molar-refractivity contribution is 5.37. The van der Waals surface area contributed by atoms with Crippen LogP contribution in [0.15, 0.2) is 48.7 Å². The molecule has 1 fully saturated rings. The molecule has 1 aliphatic rings. The molecule has 3 aromatic rings. The molecule has 1 atom stereocenters. The molecule has 4 rings (SSSR count). The highest BCUT2D eigenvalue weighted by Gasteiger charge is 2.24. The van der Waals surface area contributed by atoms with Gasteiger partial charge in [-0.15, -0.1) is 10.2 Å². The number of aromatic nitrogens is 3. The van der Waals surface area contributed by atoms with E-state index < -0.39 is 0 Å². The van der Waals surface area contributed by atoms with Crippen molar-refractivity contribution in [3.63, 3.8) is 0 Å². The lowest BCUT2D eigenvalue weighted by atomic mass is 9.96. The Kier molecular flexibility index (Phi) is 4.65. The predicted molar refractivity (Wildman–Crippen MR) is 98.1 cm³/mol. The predicted octanol–water partition coefficient (Wildman–Crippen LogP) is 3.16. The second-order valence-corrected chi connectivity index (χ2v) is 6.72. The second-order valence-electron chi connectivity index (χ2n) is 6.72. The van der Waals surface area contributed by atoms with Crippen molar-refractivity contribution in [3.8, 4) is 5.75 Å². The number of ether oxygens (including phenoxy) is 1. The first-order chi connectivity index (χ1) is 12.3. The fourth-order valence-electron chi connectivity index (χ4n) is 3.69. The molecule has 0 saturated carbocycles. The van der Waals surface area contributed by atoms with Gasteiger partial charge in [0, 0.05) is 25.2 Å². The summed E-state index contributed by atoms with van der Waals surface area (Å²) in [6.07, 6.45) is 5.54. The van der Waals surface area contributed by atoms with Crippen molar-refractivity contribution in [2.24, 2.45) is 0 Å². The summed E-state index contributed by atoms with van der Waals surface area (Å²) < 4.78 is 7.37. The Hall–Kier alpha value is -2.40. The Labute approximate surface area is 148 Å². The summed E-state index contributed by atoms with van der Waals surface area (Å²) in [6.45, 7) is 3.31. The maximum absolute atomic E-state index is 5.23. The number of benzene rings is 1. The van der Waals surface area contributed by atoms with E-state index in [0.29, 0.717) is 5.92 Å². The van der Waals surface area contributed by atoms with Gasteiger partial charge in [0.2, 0.25) is 0 Å². The number of methoxy groups -OCH3 is 1. The first-order valence-electron chi connectivity index (χ1n) is 8.98. The van der Waals surface area contributed by atoms with Gasteiger partial charge in [0.05, 0.1) is 7.11 Å². The van der Waals surface area contributed by atoms with E-state index in [1.165, 1.54) is 24.9 Å². The van der Waals surface area contributed by atoms with Gasteiger partial charge in [0.1, 0.15) is 11.6 Å². The van der Waals surface area contributed by atoms with Crippen LogP contribution in [0.2, 0.25) is 0 Å². The first kappa shape index (κ1) is 16.1. The SMILES string of the molecule is COc1ccc(CCN2CCC[C@H](c3nnc4ccccn34)C2)cc1. The monoisotopic (exact) mass is 336 g/mol. The fraction of sp³-hybridized carbons (Fsp3) is 0.400. The summed E-state index contributed by atoms with van der Waals surface area (Å²) in [4.78, 5) is 2.56. The normalized spacial score (nSPS) is 18.5. The minimum Gasteiger partial charge on any atom is -0.497 e. The van der Waals surface area contributed by atoms with Crippen molar-refractivity contribution >= 4 is 5.65 Å². The average Bonchev–Trinajstić information content (AvgIpc) is 3.11. The van der Waals surface area contributed by atoms with Crippen molar-refractivity contribution in [2.45, 2.75) is 25.2 Å². The maximum Gasteiger partial charge on any atom is 0.160 e. The Balaban J connectivity index is 1.40. The van der Waals surface area contributed by atoms with E-state index >= 15 is 0 Å². The van der Waals surface area contributed by atoms with Gasteiger partial charge in [-0.2, -0.15) is 0 Å². The molecule has 5 nitrogen and oxygen atoms in total. The van der Waals surface area contributed by atoms with Crippen LogP contribution in [0.5, 0.6) is 5.75 Å². The highest BCUT2D eigenvalue weighted by Crippen LogP contribution is 2.26. The molecule has 0 spiro atoms. The van der Waals surface area contributed by atoms with Crippen LogP contribution in [0, 0.1) is 0 Å². The molecule has 2 aromatic heterocycles. The van der Waals surface area contributed by atoms with Crippen LogP contribution in [0.1, 0.15) is 30.1 Å². The first-order valence-corrected chi connectivity index (χ1v) is 8.98. The van der Waals surface area contributed by atoms with Gasteiger partial charge in [-0.3, -0.25) is 4.40 Å². The van der Waals surface area contributed by atoms with Gasteiger partial charge in [-0.05, 0) is 55.6 Å². The molecular weight excluding hydrogens is 312 g/mol. The molecular formula is C20H24N4O. The molecule has 1 aliphatic heterocycles. The van der Waals surface area contributed by atoms with Crippen LogP contribution in [-0.2, 0) is 6.42 Å². The van der Waals surface area contributed by atoms with Gasteiger partial charge in [0.15, 0.2) is 5.65 Å². The minimum atomic E-state index is 0.460. The minimum absolute atomic E-state index is 0.460. The number of piperidine rings is 1. The zero-order chi connectivity index (χ0) is 17.1. The zero-order valence-corrected chi connectivity index (χ0v) is 14.6. The van der Waals surface area contributed by atoms with Crippen LogP contribution in [0.3, 0.4) is 0 Å². The van der Waals surface area contributed by atoms with E-state index in [0.717, 1.165) is 36.7 Å². The van der Waals surface area contributed by atoms with Crippen molar-refractivity contribution in [2.75, 3.05) is 26.7 Å². The Morgan fingerprint density at radius 3 is 2.84 bits per heavy atom. The van der Waals surface area contributed by atoms with Crippen LogP contribution in [0.4, 0.5) is 0 Å². The summed E-state index contributed by atoms with van der Waals surface area (Å²) in [7, 11) is 1.71. The van der Waals surface area contributed by atoms with Gasteiger partial charge in [-0.1, -0.05) is 18.2 Å². The van der Waals surface area contributed by atoms with Gasteiger partial charge < -0.3 is 9.64 Å². The maximum atomic E-state index is 5.23. The lowest BCUT2D eigenvalue weighted by Crippen LogP contribution is -2.36. The molecule has 5 heteroatoms. The second kappa shape index (κ2) is 7.23. The molecule has 1 saturated heterocycles. The van der Waals surface area contributed by atoms with Crippen molar-refractivity contribution < 1.29 is 4.74 Å². The van der Waals surface area contributed by atoms with E-state index in [1.54, 1.807) is 7.11 Å². The highest BCUT2D eigenvalue weighted by atomic mass is 16.5. The number of rotatable bonds is 5. The average molecular weight is 336 g/mol. The third kappa shape index (κ3) is 3.51. The van der Waals surface area contributed by atoms with E-state index in [2.05, 4.69) is 37.8 Å². The molecule has 0 unspecified atom stereocenters. The molecule has 0 radical (unpaired) electrons. The van der Waals surface area contributed by atoms with E-state index in [9.17, 15) is 0 Å². The summed E-state index contributed by atoms with van der Waals surface area (Å²) >= 11 is 0. The van der Waals surface area contributed by atoms with Crippen LogP contribution >= 0.6 is 0 Å². The summed E-state index contributed by atoms with van der Waals surface area (Å²) in [6, 6.07) is 14.5. The zero-order valence-electron chi connectivity index (χ0n) is 14.6. The number of hydrogen-bond acceptors (Lipinski definition) is 4. The number of fused-ring (bicyclic) bond motifs is 1. The van der Waals surface area contributed by atoms with Gasteiger partial charge >= 0.3 is 0 Å². The van der Waals surface area contributed by atoms with Crippen molar-refractivity contribution in [1.29, 1.82) is 0 Å². The standard InChI is InChI=1S/C20H24N4O/c1-25-18-9-7-16(8-10-18)11-14-23-12-4-5-17(15-23)20-22-21-19-6-2-3-13-24(19)20/h2-3,6-10,13,17H,4-5,11-12,14-15H2,1H3/t17-/m0/s1. The fourth-order valence-corrected chi connectivity index (χ4v) is 3.69. The Bertz CT molecular complexity index is 827. The summed E-state index contributed by atoms with van der Waals surface area (Å²) in [5.41, 5.74) is 2.30. The lowest BCUT2D eigenvalue weighted by Gasteiger charge is -2.31. The van der Waals surface area contributed by atoms with Crippen molar-refractivity contribution in [3.05, 3.63) is 60.0 Å². The molecule has 25 heavy (non-hydrogen) atoms. The molecule has 0 bridgehead atoms. The summed E-state index contributed by atoms with van der Waals surface area (Å²) in [5, 5.41) is 8.77. The Morgan fingerprint density at radius 2 is 2.00 bits per heavy atom. The van der Waals surface area contributed by atoms with Crippen molar-refractivity contribution in [1.82, 2.24) is 19.5 Å². The molecule has 1 aromatic carbocycles. The number of hydrogen-bond donors (Lipinski definition) is 0. The van der Waals surface area contributed by atoms with Crippen LogP contribution in [0.25, 0.3) is 5.65 Å². The van der Waals surface area contributed by atoms with Crippen LogP contribution in [-0.4, -0.2) is 46.2 Å². The van der Waals surface area contributed by atoms with Gasteiger partial charge in [-0.25, -0.2) is 0 Å². The largest absolute Gasteiger partial charge is 0.497 e. The smallest absolute Gasteiger partial charge is 0.160 e. The molecule has 3 heterocycles. The third-order valence-electron chi connectivity index (χ3n) is 5.09. The third-order valence-corrected chi connectivity index (χ3v) is 5.09. The van der Waals surface area contributed by atoms with Gasteiger partial charge in [0.25, 0.3) is 0 Å². The topological polar surface area (TPSA) is 42.7 Å². The molecule has 130 valence electrons. The molecule has 0 aliphatic carbocycles. The number of nitrogens with zero attached hydrogens (tertiary/aromatic N) is 4. The molecule has 0 N–H and O–H groups in total. The molecule has 0 amide bonds. The Morgan fingerprint density at radius 1 is 1.12 bits per heavy atom. The number of pyridine rings is 1. The van der Waals surface area contributed by atoms with E-state index in [4.69, 9.17) is 4.74 Å². The lowest BCUT2D eigenvalue weighted by molar-refractivity contribution is 0.206. The number of likely N-dealkylation sites (tertiary alicyclic amines) is 1. The van der Waals surface area contributed by atoms with Crippen LogP contribution < -0.4 is 4.74 Å². The quantitative estimate of drug-likeness (QED) is 0.718.